The lowest BCUT2D eigenvalue weighted by atomic mass is 9.83. The van der Waals surface area contributed by atoms with Crippen molar-refractivity contribution in [3.8, 4) is 51.7 Å². The van der Waals surface area contributed by atoms with Crippen molar-refractivity contribution in [3.05, 3.63) is 52.6 Å². The van der Waals surface area contributed by atoms with Gasteiger partial charge in [0.05, 0.1) is 12.1 Å². The third kappa shape index (κ3) is 9.89. The second-order valence-corrected chi connectivity index (χ2v) is 15.3. The molecule has 1 heterocycles. The number of hydrogen-bond donors (Lipinski definition) is 25. The maximum Gasteiger partial charge on any atom is 0.326 e. The molecule has 1 saturated heterocycles. The minimum absolute atomic E-state index is 0.280. The molecule has 1 aliphatic rings. The molecule has 4 rings (SSSR count). The summed E-state index contributed by atoms with van der Waals surface area (Å²) in [7, 11) is 0. The van der Waals surface area contributed by atoms with Gasteiger partial charge in [-0.1, -0.05) is 37.3 Å². The summed E-state index contributed by atoms with van der Waals surface area (Å²) in [5.41, 5.74) is -5.02. The van der Waals surface area contributed by atoms with E-state index < -0.39 is 183 Å². The molecule has 4 atom stereocenters. The van der Waals surface area contributed by atoms with Gasteiger partial charge in [0, 0.05) is 6.42 Å². The van der Waals surface area contributed by atoms with Crippen LogP contribution in [0, 0.1) is 5.92 Å². The van der Waals surface area contributed by atoms with Gasteiger partial charge in [-0.3, -0.25) is 19.8 Å². The van der Waals surface area contributed by atoms with Crippen molar-refractivity contribution in [2.24, 2.45) is 5.92 Å². The number of nitrogens with zero attached hydrogens (tertiary/aromatic N) is 1. The maximum absolute atomic E-state index is 14.0. The standard InChI is InChI=1S/C37H47N3O27/c1-2-15(40-31(52)39-36(63,64)35(61,62)37(40,65)66)30(51)38-17(32(53,54)18-21(43)26(48)28(50)27(49)22(18)44)10-16(42)13(8-12-6-4-3-5-7-12)9-14(41)11-67-29-19(33(55,56)57)23(45)25(47)24(46)20(29)34(58,59)60/h3-7,13,15-17,42-50,53-66H,2,8-11H2,1H3,(H,38,51)(H,39,52). The third-order valence-corrected chi connectivity index (χ3v) is 10.6. The molecule has 0 bridgehead atoms. The van der Waals surface area contributed by atoms with Crippen LogP contribution < -0.4 is 15.4 Å². The normalized spacial score (nSPS) is 17.8. The molecular weight excluding hydrogens is 918 g/mol. The Labute approximate surface area is 372 Å². The van der Waals surface area contributed by atoms with E-state index in [0.29, 0.717) is 0 Å². The minimum Gasteiger partial charge on any atom is -0.504 e. The second kappa shape index (κ2) is 18.4. The average molecular weight is 966 g/mol. The van der Waals surface area contributed by atoms with E-state index in [-0.39, 0.29) is 5.56 Å². The molecule has 0 spiro atoms. The summed E-state index contributed by atoms with van der Waals surface area (Å²) in [4.78, 5) is 40.0. The molecule has 3 amide bonds. The molecule has 4 unspecified atom stereocenters. The number of urea groups is 1. The molecule has 372 valence electrons. The van der Waals surface area contributed by atoms with E-state index in [1.165, 1.54) is 30.3 Å². The molecule has 0 saturated carbocycles. The summed E-state index contributed by atoms with van der Waals surface area (Å²) in [5, 5.41) is 241. The predicted octanol–water partition coefficient (Wildman–Crippen LogP) is -7.46. The Hall–Kier alpha value is -6.33. The van der Waals surface area contributed by atoms with E-state index in [2.05, 4.69) is 0 Å². The van der Waals surface area contributed by atoms with Gasteiger partial charge in [-0.15, -0.1) is 0 Å². The number of phenolic OH excluding ortho intramolecular Hbond substituents is 8. The van der Waals surface area contributed by atoms with Crippen LogP contribution in [0.2, 0.25) is 0 Å². The van der Waals surface area contributed by atoms with Gasteiger partial charge in [-0.2, -0.15) is 0 Å². The van der Waals surface area contributed by atoms with Gasteiger partial charge in [-0.25, -0.2) is 4.79 Å². The van der Waals surface area contributed by atoms with Crippen molar-refractivity contribution in [3.63, 3.8) is 0 Å². The number of ketones is 1. The Kier molecular flexibility index (Phi) is 14.6. The number of benzene rings is 3. The number of aromatic hydroxyl groups is 8. The van der Waals surface area contributed by atoms with Crippen molar-refractivity contribution in [2.45, 2.75) is 86.1 Å². The Balaban J connectivity index is 1.82. The lowest BCUT2D eigenvalue weighted by Gasteiger charge is -2.53. The number of rotatable bonds is 18. The zero-order chi connectivity index (χ0) is 51.3. The fourth-order valence-electron chi connectivity index (χ4n) is 7.14. The number of aliphatic hydroxyl groups excluding tert-OH is 1. The number of Topliss-reactive ketones (excluding diaryl/α,β-unsaturated/α-hetero) is 1. The minimum atomic E-state index is -4.55. The van der Waals surface area contributed by atoms with E-state index in [4.69, 9.17) is 4.74 Å². The van der Waals surface area contributed by atoms with Crippen molar-refractivity contribution in [2.75, 3.05) is 6.61 Å². The van der Waals surface area contributed by atoms with Crippen LogP contribution in [0.15, 0.2) is 30.3 Å². The Morgan fingerprint density at radius 1 is 0.716 bits per heavy atom. The highest BCUT2D eigenvalue weighted by Crippen LogP contribution is 2.55. The summed E-state index contributed by atoms with van der Waals surface area (Å²) in [6.45, 7) is -0.446. The van der Waals surface area contributed by atoms with Crippen molar-refractivity contribution < 1.29 is 137 Å². The lowest BCUT2D eigenvalue weighted by molar-refractivity contribution is -0.495. The summed E-state index contributed by atoms with van der Waals surface area (Å²) < 4.78 is 5.06. The summed E-state index contributed by atoms with van der Waals surface area (Å²) >= 11 is 0. The van der Waals surface area contributed by atoms with Crippen molar-refractivity contribution in [1.29, 1.82) is 0 Å². The van der Waals surface area contributed by atoms with Crippen LogP contribution in [0.25, 0.3) is 0 Å². The van der Waals surface area contributed by atoms with Crippen LogP contribution in [0.3, 0.4) is 0 Å². The highest BCUT2D eigenvalue weighted by Gasteiger charge is 2.72. The molecule has 0 aliphatic carbocycles. The van der Waals surface area contributed by atoms with E-state index in [1.54, 1.807) is 0 Å². The van der Waals surface area contributed by atoms with Crippen molar-refractivity contribution >= 4 is 17.7 Å². The number of nitrogens with one attached hydrogen (secondary N) is 2. The largest absolute Gasteiger partial charge is 0.504 e. The topological polar surface area (TPSA) is 553 Å². The van der Waals surface area contributed by atoms with E-state index in [0.717, 1.165) is 12.2 Å². The molecule has 25 N–H and O–H groups in total. The summed E-state index contributed by atoms with van der Waals surface area (Å²) in [6.07, 6.45) is -5.88. The van der Waals surface area contributed by atoms with Gasteiger partial charge in [0.2, 0.25) is 34.7 Å². The van der Waals surface area contributed by atoms with Gasteiger partial charge in [0.25, 0.3) is 0 Å². The third-order valence-electron chi connectivity index (χ3n) is 10.6. The maximum atomic E-state index is 14.0. The predicted molar refractivity (Wildman–Crippen MR) is 206 cm³/mol. The Bertz CT molecular complexity index is 2290. The summed E-state index contributed by atoms with van der Waals surface area (Å²) in [6, 6.07) is 0.0881. The first-order chi connectivity index (χ1) is 30.5. The number of amides is 3. The number of ether oxygens (including phenoxy) is 1. The molecule has 0 radical (unpaired) electrons. The molecule has 1 aliphatic heterocycles. The van der Waals surface area contributed by atoms with Crippen LogP contribution in [0.5, 0.6) is 51.7 Å². The number of phenols is 8. The van der Waals surface area contributed by atoms with Gasteiger partial charge in [0.15, 0.2) is 28.8 Å². The van der Waals surface area contributed by atoms with Crippen LogP contribution >= 0.6 is 0 Å². The molecule has 30 heteroatoms. The zero-order valence-corrected chi connectivity index (χ0v) is 34.1. The molecule has 0 aromatic heterocycles. The number of carbonyl (C=O) groups excluding carboxylic acids is 3. The van der Waals surface area contributed by atoms with Gasteiger partial charge in [0.1, 0.15) is 35.1 Å². The molecule has 1 fully saturated rings. The van der Waals surface area contributed by atoms with Gasteiger partial charge >= 0.3 is 35.6 Å². The number of hydrogen-bond acceptors (Lipinski definition) is 27. The fourth-order valence-corrected chi connectivity index (χ4v) is 7.14. The van der Waals surface area contributed by atoms with E-state index in [1.807, 2.05) is 5.32 Å². The van der Waals surface area contributed by atoms with E-state index in [9.17, 15) is 132 Å². The lowest BCUT2D eigenvalue weighted by Crippen LogP contribution is -2.86. The molecule has 3 aromatic carbocycles. The van der Waals surface area contributed by atoms with Crippen LogP contribution in [-0.4, -0.2) is 182 Å². The molecule has 30 nitrogen and oxygen atoms in total. The average Bonchev–Trinajstić information content (AvgIpc) is 3.20. The SMILES string of the molecule is CCC(C(=O)NC(CC(O)C(CC(=O)COc1c(C(O)(O)O)c(O)c(O)c(O)c1C(O)(O)O)Cc1ccccc1)C(O)(O)c1c(O)c(O)c(O)c(O)c1O)N1C(=O)NC(O)(O)C(O)(O)C1(O)O. The van der Waals surface area contributed by atoms with Crippen molar-refractivity contribution in [1.82, 2.24) is 15.5 Å². The van der Waals surface area contributed by atoms with Gasteiger partial charge in [-0.05, 0) is 30.7 Å². The zero-order valence-electron chi connectivity index (χ0n) is 34.1. The molecule has 67 heavy (non-hydrogen) atoms. The smallest absolute Gasteiger partial charge is 0.326 e. The number of aliphatic hydroxyl groups is 15. The van der Waals surface area contributed by atoms with Gasteiger partial charge < -0.3 is 128 Å². The quantitative estimate of drug-likeness (QED) is 0.0320. The van der Waals surface area contributed by atoms with Crippen LogP contribution in [0.1, 0.15) is 48.4 Å². The second-order valence-electron chi connectivity index (χ2n) is 15.3. The Morgan fingerprint density at radius 2 is 1.16 bits per heavy atom. The van der Waals surface area contributed by atoms with E-state index >= 15 is 0 Å². The first-order valence-electron chi connectivity index (χ1n) is 18.9. The van der Waals surface area contributed by atoms with Crippen LogP contribution in [0.4, 0.5) is 4.79 Å². The summed E-state index contributed by atoms with van der Waals surface area (Å²) in [5.74, 6) is -46.4. The molecular formula is C37H47N3O27. The van der Waals surface area contributed by atoms with Crippen LogP contribution in [-0.2, 0) is 33.7 Å². The first-order valence-corrected chi connectivity index (χ1v) is 18.9. The number of carbonyl (C=O) groups is 3. The first kappa shape index (κ1) is 53.3. The Morgan fingerprint density at radius 3 is 1.63 bits per heavy atom. The highest BCUT2D eigenvalue weighted by molar-refractivity contribution is 5.88. The monoisotopic (exact) mass is 965 g/mol. The molecule has 3 aromatic rings. The fraction of sp³-hybridized carbons (Fsp3) is 0.432. The highest BCUT2D eigenvalue weighted by atomic mass is 16.7.